The molecule has 4 heteroatoms. The molecule has 1 aromatic heterocycles. The van der Waals surface area contributed by atoms with Gasteiger partial charge in [0.2, 0.25) is 0 Å². The minimum absolute atomic E-state index is 0.638. The van der Waals surface area contributed by atoms with Crippen molar-refractivity contribution < 1.29 is 0 Å². The van der Waals surface area contributed by atoms with E-state index in [1.807, 2.05) is 6.20 Å². The molecule has 24 heavy (non-hydrogen) atoms. The van der Waals surface area contributed by atoms with Gasteiger partial charge in [0.1, 0.15) is 0 Å². The number of aromatic nitrogens is 1. The maximum Gasteiger partial charge on any atom is 0.0450 e. The summed E-state index contributed by atoms with van der Waals surface area (Å²) in [4.78, 5) is 12.5. The third kappa shape index (κ3) is 4.78. The summed E-state index contributed by atoms with van der Waals surface area (Å²) in [5.74, 6) is 0.638. The molecule has 2 aliphatic rings. The zero-order valence-corrected chi connectivity index (χ0v) is 15.7. The smallest absolute Gasteiger partial charge is 0.0450 e. The molecule has 0 saturated carbocycles. The number of piperazine rings is 1. The van der Waals surface area contributed by atoms with Gasteiger partial charge in [0, 0.05) is 56.6 Å². The molecular weight excluding hydrogens is 296 g/mol. The van der Waals surface area contributed by atoms with E-state index in [-0.39, 0.29) is 0 Å². The highest BCUT2D eigenvalue weighted by atomic mass is 15.3. The standard InChI is InChI=1S/C20H34N4/c1-17(2)24-13-11-22(12-14-24)8-4-9-23-10-6-19(16-23)20-15-18(3)5-7-21-20/h5,7,15,17,19H,4,6,8-14,16H2,1-3H3/t19-/m1/s1. The average molecular weight is 331 g/mol. The lowest BCUT2D eigenvalue weighted by Gasteiger charge is -2.37. The van der Waals surface area contributed by atoms with Crippen LogP contribution in [0.2, 0.25) is 0 Å². The molecule has 0 N–H and O–H groups in total. The molecule has 1 atom stereocenters. The van der Waals surface area contributed by atoms with Crippen molar-refractivity contribution in [3.8, 4) is 0 Å². The lowest BCUT2D eigenvalue weighted by Crippen LogP contribution is -2.49. The second-order valence-electron chi connectivity index (χ2n) is 7.87. The normalized spacial score (nSPS) is 24.1. The van der Waals surface area contributed by atoms with Gasteiger partial charge in [0.25, 0.3) is 0 Å². The zero-order chi connectivity index (χ0) is 16.9. The molecule has 0 spiro atoms. The molecule has 3 heterocycles. The number of likely N-dealkylation sites (tertiary alicyclic amines) is 1. The summed E-state index contributed by atoms with van der Waals surface area (Å²) in [7, 11) is 0. The summed E-state index contributed by atoms with van der Waals surface area (Å²) in [6.45, 7) is 16.7. The Labute approximate surface area is 147 Å². The molecule has 2 saturated heterocycles. The van der Waals surface area contributed by atoms with Crippen LogP contribution in [0.3, 0.4) is 0 Å². The van der Waals surface area contributed by atoms with Crippen LogP contribution in [0, 0.1) is 6.92 Å². The van der Waals surface area contributed by atoms with Gasteiger partial charge in [-0.3, -0.25) is 9.88 Å². The summed E-state index contributed by atoms with van der Waals surface area (Å²) in [6, 6.07) is 5.06. The van der Waals surface area contributed by atoms with Crippen molar-refractivity contribution in [3.05, 3.63) is 29.6 Å². The van der Waals surface area contributed by atoms with Gasteiger partial charge in [-0.1, -0.05) is 0 Å². The predicted molar refractivity (Wildman–Crippen MR) is 101 cm³/mol. The highest BCUT2D eigenvalue weighted by Gasteiger charge is 2.25. The predicted octanol–water partition coefficient (Wildman–Crippen LogP) is 2.60. The fourth-order valence-electron chi connectivity index (χ4n) is 4.08. The molecule has 2 fully saturated rings. The molecular formula is C20H34N4. The largest absolute Gasteiger partial charge is 0.303 e. The number of nitrogens with zero attached hydrogens (tertiary/aromatic N) is 4. The van der Waals surface area contributed by atoms with Gasteiger partial charge in [-0.25, -0.2) is 0 Å². The van der Waals surface area contributed by atoms with E-state index in [0.717, 1.165) is 0 Å². The Morgan fingerprint density at radius 3 is 2.54 bits per heavy atom. The van der Waals surface area contributed by atoms with Crippen LogP contribution in [0.1, 0.15) is 43.9 Å². The van der Waals surface area contributed by atoms with Gasteiger partial charge < -0.3 is 9.80 Å². The molecule has 0 aromatic carbocycles. The van der Waals surface area contributed by atoms with Gasteiger partial charge in [-0.05, 0) is 70.9 Å². The monoisotopic (exact) mass is 330 g/mol. The Balaban J connectivity index is 1.35. The van der Waals surface area contributed by atoms with Crippen LogP contribution in [0.25, 0.3) is 0 Å². The van der Waals surface area contributed by atoms with Gasteiger partial charge >= 0.3 is 0 Å². The SMILES string of the molecule is Cc1ccnc([C@@H]2CCN(CCCN3CCN(C(C)C)CC3)C2)c1. The van der Waals surface area contributed by atoms with Crippen LogP contribution < -0.4 is 0 Å². The summed E-state index contributed by atoms with van der Waals surface area (Å²) in [5, 5.41) is 0. The van der Waals surface area contributed by atoms with Crippen molar-refractivity contribution in [1.82, 2.24) is 19.7 Å². The topological polar surface area (TPSA) is 22.6 Å². The quantitative estimate of drug-likeness (QED) is 0.799. The van der Waals surface area contributed by atoms with E-state index in [4.69, 9.17) is 0 Å². The van der Waals surface area contributed by atoms with Crippen molar-refractivity contribution in [2.24, 2.45) is 0 Å². The number of rotatable bonds is 6. The van der Waals surface area contributed by atoms with E-state index in [1.165, 1.54) is 76.5 Å². The minimum Gasteiger partial charge on any atom is -0.303 e. The Kier molecular flexibility index (Phi) is 6.25. The fourth-order valence-corrected chi connectivity index (χ4v) is 4.08. The lowest BCUT2D eigenvalue weighted by molar-refractivity contribution is 0.105. The molecule has 1 aromatic rings. The molecule has 3 rings (SSSR count). The summed E-state index contributed by atoms with van der Waals surface area (Å²) < 4.78 is 0. The van der Waals surface area contributed by atoms with Gasteiger partial charge in [0.15, 0.2) is 0 Å². The van der Waals surface area contributed by atoms with E-state index in [2.05, 4.69) is 52.6 Å². The van der Waals surface area contributed by atoms with Crippen LogP contribution in [-0.2, 0) is 0 Å². The average Bonchev–Trinajstić information content (AvgIpc) is 3.04. The van der Waals surface area contributed by atoms with Crippen molar-refractivity contribution in [2.75, 3.05) is 52.4 Å². The molecule has 0 unspecified atom stereocenters. The second kappa shape index (κ2) is 8.41. The van der Waals surface area contributed by atoms with Crippen molar-refractivity contribution >= 4 is 0 Å². The third-order valence-electron chi connectivity index (χ3n) is 5.71. The van der Waals surface area contributed by atoms with E-state index >= 15 is 0 Å². The Morgan fingerprint density at radius 1 is 1.08 bits per heavy atom. The summed E-state index contributed by atoms with van der Waals surface area (Å²) >= 11 is 0. The molecule has 0 radical (unpaired) electrons. The highest BCUT2D eigenvalue weighted by Crippen LogP contribution is 2.26. The van der Waals surface area contributed by atoms with Crippen LogP contribution in [0.15, 0.2) is 18.3 Å². The van der Waals surface area contributed by atoms with E-state index in [0.29, 0.717) is 12.0 Å². The first kappa shape index (κ1) is 17.8. The van der Waals surface area contributed by atoms with E-state index in [9.17, 15) is 0 Å². The molecule has 0 amide bonds. The van der Waals surface area contributed by atoms with Crippen LogP contribution in [0.4, 0.5) is 0 Å². The maximum absolute atomic E-state index is 4.59. The Bertz CT molecular complexity index is 508. The van der Waals surface area contributed by atoms with Crippen LogP contribution in [-0.4, -0.2) is 78.1 Å². The van der Waals surface area contributed by atoms with Crippen LogP contribution >= 0.6 is 0 Å². The van der Waals surface area contributed by atoms with Crippen molar-refractivity contribution in [2.45, 2.75) is 45.6 Å². The maximum atomic E-state index is 4.59. The first-order chi connectivity index (χ1) is 11.6. The second-order valence-corrected chi connectivity index (χ2v) is 7.87. The van der Waals surface area contributed by atoms with Crippen molar-refractivity contribution in [1.29, 1.82) is 0 Å². The molecule has 134 valence electrons. The number of hydrogen-bond acceptors (Lipinski definition) is 4. The van der Waals surface area contributed by atoms with Gasteiger partial charge in [-0.2, -0.15) is 0 Å². The molecule has 4 nitrogen and oxygen atoms in total. The van der Waals surface area contributed by atoms with Crippen molar-refractivity contribution in [3.63, 3.8) is 0 Å². The van der Waals surface area contributed by atoms with E-state index in [1.54, 1.807) is 0 Å². The zero-order valence-electron chi connectivity index (χ0n) is 15.7. The van der Waals surface area contributed by atoms with Gasteiger partial charge in [-0.15, -0.1) is 0 Å². The molecule has 0 bridgehead atoms. The number of aryl methyl sites for hydroxylation is 1. The van der Waals surface area contributed by atoms with Gasteiger partial charge in [0.05, 0.1) is 0 Å². The highest BCUT2D eigenvalue weighted by molar-refractivity contribution is 5.19. The fraction of sp³-hybridized carbons (Fsp3) is 0.750. The first-order valence-corrected chi connectivity index (χ1v) is 9.73. The third-order valence-corrected chi connectivity index (χ3v) is 5.71. The molecule has 0 aliphatic carbocycles. The number of pyridine rings is 1. The molecule has 2 aliphatic heterocycles. The Hall–Kier alpha value is -0.970. The lowest BCUT2D eigenvalue weighted by atomic mass is 10.0. The van der Waals surface area contributed by atoms with E-state index < -0.39 is 0 Å². The summed E-state index contributed by atoms with van der Waals surface area (Å²) in [5.41, 5.74) is 2.63. The minimum atomic E-state index is 0.638. The first-order valence-electron chi connectivity index (χ1n) is 9.73. The van der Waals surface area contributed by atoms with Crippen LogP contribution in [0.5, 0.6) is 0 Å². The number of hydrogen-bond donors (Lipinski definition) is 0. The summed E-state index contributed by atoms with van der Waals surface area (Å²) in [6.07, 6.45) is 4.53. The Morgan fingerprint density at radius 2 is 1.83 bits per heavy atom.